The summed E-state index contributed by atoms with van der Waals surface area (Å²) >= 11 is 0. The predicted octanol–water partition coefficient (Wildman–Crippen LogP) is 1.12. The fraction of sp³-hybridized carbons (Fsp3) is 0.333. The van der Waals surface area contributed by atoms with Crippen molar-refractivity contribution in [2.75, 3.05) is 18.8 Å². The van der Waals surface area contributed by atoms with E-state index in [2.05, 4.69) is 0 Å². The first-order valence-electron chi connectivity index (χ1n) is 5.33. The topological polar surface area (TPSA) is 83.6 Å². The molecular weight excluding hydrogens is 220 g/mol. The predicted molar refractivity (Wildman–Crippen MR) is 64.8 cm³/mol. The molecule has 0 aliphatic rings. The van der Waals surface area contributed by atoms with Crippen LogP contribution in [0.25, 0.3) is 0 Å². The SMILES string of the molecule is CCN(CC(=O)O)C(=O)c1cc(C)ccc1N. The standard InChI is InChI=1S/C12H16N2O3/c1-3-14(7-11(15)16)12(17)9-6-8(2)4-5-10(9)13/h4-6H,3,7,13H2,1-2H3,(H,15,16). The van der Waals surface area contributed by atoms with Gasteiger partial charge in [-0.15, -0.1) is 0 Å². The van der Waals surface area contributed by atoms with Gasteiger partial charge in [0.15, 0.2) is 0 Å². The van der Waals surface area contributed by atoms with Crippen molar-refractivity contribution in [3.05, 3.63) is 29.3 Å². The van der Waals surface area contributed by atoms with E-state index in [0.29, 0.717) is 17.8 Å². The Morgan fingerprint density at radius 2 is 2.06 bits per heavy atom. The van der Waals surface area contributed by atoms with E-state index in [0.717, 1.165) is 5.56 Å². The molecular formula is C12H16N2O3. The van der Waals surface area contributed by atoms with Gasteiger partial charge in [0.25, 0.3) is 5.91 Å². The number of nitrogens with two attached hydrogens (primary N) is 1. The normalized spacial score (nSPS) is 10.0. The molecule has 1 rings (SSSR count). The lowest BCUT2D eigenvalue weighted by atomic mass is 10.1. The monoisotopic (exact) mass is 236 g/mol. The Morgan fingerprint density at radius 3 is 2.59 bits per heavy atom. The molecule has 5 nitrogen and oxygen atoms in total. The molecule has 0 aliphatic heterocycles. The second kappa shape index (κ2) is 5.34. The summed E-state index contributed by atoms with van der Waals surface area (Å²) in [6, 6.07) is 5.12. The number of rotatable bonds is 4. The Kier molecular flexibility index (Phi) is 4.09. The Labute approximate surface area is 99.8 Å². The molecule has 0 spiro atoms. The molecule has 0 aliphatic carbocycles. The average Bonchev–Trinajstić information content (AvgIpc) is 2.28. The molecule has 0 aromatic heterocycles. The van der Waals surface area contributed by atoms with Crippen molar-refractivity contribution < 1.29 is 14.7 Å². The average molecular weight is 236 g/mol. The summed E-state index contributed by atoms with van der Waals surface area (Å²) in [6.45, 7) is 3.59. The first-order valence-corrected chi connectivity index (χ1v) is 5.33. The molecule has 0 atom stereocenters. The van der Waals surface area contributed by atoms with E-state index in [1.807, 2.05) is 6.92 Å². The van der Waals surface area contributed by atoms with Crippen LogP contribution in [0.5, 0.6) is 0 Å². The maximum absolute atomic E-state index is 12.1. The lowest BCUT2D eigenvalue weighted by molar-refractivity contribution is -0.137. The van der Waals surface area contributed by atoms with Gasteiger partial charge in [-0.05, 0) is 26.0 Å². The molecule has 1 amide bonds. The van der Waals surface area contributed by atoms with Crippen LogP contribution in [0.3, 0.4) is 0 Å². The zero-order chi connectivity index (χ0) is 13.0. The maximum Gasteiger partial charge on any atom is 0.323 e. The highest BCUT2D eigenvalue weighted by molar-refractivity contribution is 6.00. The number of hydrogen-bond acceptors (Lipinski definition) is 3. The van der Waals surface area contributed by atoms with E-state index in [1.54, 1.807) is 25.1 Å². The molecule has 0 bridgehead atoms. The van der Waals surface area contributed by atoms with E-state index in [1.165, 1.54) is 4.90 Å². The van der Waals surface area contributed by atoms with Crippen LogP contribution in [0.1, 0.15) is 22.8 Å². The molecule has 0 saturated carbocycles. The Hall–Kier alpha value is -2.04. The number of carboxylic acid groups (broad SMARTS) is 1. The van der Waals surface area contributed by atoms with Crippen LogP contribution in [0.15, 0.2) is 18.2 Å². The van der Waals surface area contributed by atoms with Crippen molar-refractivity contribution in [1.82, 2.24) is 4.90 Å². The fourth-order valence-electron chi connectivity index (χ4n) is 1.52. The summed E-state index contributed by atoms with van der Waals surface area (Å²) in [6.07, 6.45) is 0. The third kappa shape index (κ3) is 3.21. The number of carbonyl (C=O) groups is 2. The number of hydrogen-bond donors (Lipinski definition) is 2. The first-order chi connectivity index (χ1) is 7.95. The highest BCUT2D eigenvalue weighted by Crippen LogP contribution is 2.16. The highest BCUT2D eigenvalue weighted by atomic mass is 16.4. The Balaban J connectivity index is 3.01. The van der Waals surface area contributed by atoms with E-state index in [9.17, 15) is 9.59 Å². The zero-order valence-corrected chi connectivity index (χ0v) is 9.93. The number of nitrogen functional groups attached to an aromatic ring is 1. The van der Waals surface area contributed by atoms with Crippen LogP contribution in [-0.4, -0.2) is 35.0 Å². The minimum Gasteiger partial charge on any atom is -0.480 e. The third-order valence-corrected chi connectivity index (χ3v) is 2.43. The van der Waals surface area contributed by atoms with Crippen LogP contribution in [0, 0.1) is 6.92 Å². The summed E-state index contributed by atoms with van der Waals surface area (Å²) in [7, 11) is 0. The molecule has 0 unspecified atom stereocenters. The first kappa shape index (κ1) is 13.0. The van der Waals surface area contributed by atoms with Gasteiger partial charge < -0.3 is 15.7 Å². The van der Waals surface area contributed by atoms with E-state index in [4.69, 9.17) is 10.8 Å². The maximum atomic E-state index is 12.1. The van der Waals surface area contributed by atoms with Gasteiger partial charge in [-0.3, -0.25) is 9.59 Å². The number of carboxylic acids is 1. The van der Waals surface area contributed by atoms with Gasteiger partial charge in [0.1, 0.15) is 6.54 Å². The molecule has 0 saturated heterocycles. The second-order valence-electron chi connectivity index (χ2n) is 3.80. The molecule has 5 heteroatoms. The fourth-order valence-corrected chi connectivity index (χ4v) is 1.52. The van der Waals surface area contributed by atoms with Crippen LogP contribution in [-0.2, 0) is 4.79 Å². The van der Waals surface area contributed by atoms with Crippen molar-refractivity contribution in [1.29, 1.82) is 0 Å². The van der Waals surface area contributed by atoms with Gasteiger partial charge in [0, 0.05) is 12.2 Å². The molecule has 0 radical (unpaired) electrons. The number of nitrogens with zero attached hydrogens (tertiary/aromatic N) is 1. The molecule has 1 aromatic rings. The van der Waals surface area contributed by atoms with E-state index < -0.39 is 5.97 Å². The molecule has 3 N–H and O–H groups in total. The van der Waals surface area contributed by atoms with Crippen molar-refractivity contribution >= 4 is 17.6 Å². The summed E-state index contributed by atoms with van der Waals surface area (Å²) < 4.78 is 0. The summed E-state index contributed by atoms with van der Waals surface area (Å²) in [5.41, 5.74) is 7.35. The van der Waals surface area contributed by atoms with Crippen LogP contribution < -0.4 is 5.73 Å². The highest BCUT2D eigenvalue weighted by Gasteiger charge is 2.18. The largest absolute Gasteiger partial charge is 0.480 e. The van der Waals surface area contributed by atoms with Gasteiger partial charge >= 0.3 is 5.97 Å². The molecule has 92 valence electrons. The van der Waals surface area contributed by atoms with Gasteiger partial charge in [-0.1, -0.05) is 11.6 Å². The lowest BCUT2D eigenvalue weighted by Gasteiger charge is -2.19. The second-order valence-corrected chi connectivity index (χ2v) is 3.80. The third-order valence-electron chi connectivity index (χ3n) is 2.43. The lowest BCUT2D eigenvalue weighted by Crippen LogP contribution is -2.35. The van der Waals surface area contributed by atoms with Gasteiger partial charge in [-0.2, -0.15) is 0 Å². The summed E-state index contributed by atoms with van der Waals surface area (Å²) in [4.78, 5) is 23.9. The molecule has 0 fully saturated rings. The van der Waals surface area contributed by atoms with Gasteiger partial charge in [0.2, 0.25) is 0 Å². The quantitative estimate of drug-likeness (QED) is 0.767. The minimum absolute atomic E-state index is 0.317. The molecule has 17 heavy (non-hydrogen) atoms. The zero-order valence-electron chi connectivity index (χ0n) is 9.93. The number of aryl methyl sites for hydroxylation is 1. The minimum atomic E-state index is -1.04. The van der Waals surface area contributed by atoms with Crippen LogP contribution in [0.2, 0.25) is 0 Å². The van der Waals surface area contributed by atoms with E-state index >= 15 is 0 Å². The molecule has 0 heterocycles. The van der Waals surface area contributed by atoms with Gasteiger partial charge in [-0.25, -0.2) is 0 Å². The van der Waals surface area contributed by atoms with Crippen molar-refractivity contribution in [3.8, 4) is 0 Å². The van der Waals surface area contributed by atoms with Crippen LogP contribution in [0.4, 0.5) is 5.69 Å². The van der Waals surface area contributed by atoms with E-state index in [-0.39, 0.29) is 12.5 Å². The summed E-state index contributed by atoms with van der Waals surface area (Å²) in [5.74, 6) is -1.39. The van der Waals surface area contributed by atoms with Crippen molar-refractivity contribution in [2.45, 2.75) is 13.8 Å². The van der Waals surface area contributed by atoms with Crippen molar-refractivity contribution in [3.63, 3.8) is 0 Å². The summed E-state index contributed by atoms with van der Waals surface area (Å²) in [5, 5.41) is 8.71. The number of anilines is 1. The molecule has 1 aromatic carbocycles. The van der Waals surface area contributed by atoms with Gasteiger partial charge in [0.05, 0.1) is 5.56 Å². The number of aliphatic carboxylic acids is 1. The number of amides is 1. The number of likely N-dealkylation sites (N-methyl/N-ethyl adjacent to an activating group) is 1. The Morgan fingerprint density at radius 1 is 1.41 bits per heavy atom. The van der Waals surface area contributed by atoms with Crippen molar-refractivity contribution in [2.24, 2.45) is 0 Å². The Bertz CT molecular complexity index is 443. The smallest absolute Gasteiger partial charge is 0.323 e. The van der Waals surface area contributed by atoms with Crippen LogP contribution >= 0.6 is 0 Å². The number of carbonyl (C=O) groups excluding carboxylic acids is 1. The number of benzene rings is 1.